The molecule has 13 heteroatoms. The van der Waals surface area contributed by atoms with Crippen molar-refractivity contribution in [2.24, 2.45) is 5.92 Å². The highest BCUT2D eigenvalue weighted by molar-refractivity contribution is 7.91. The molecule has 0 radical (unpaired) electrons. The lowest BCUT2D eigenvalue weighted by Crippen LogP contribution is -2.48. The first kappa shape index (κ1) is 26.6. The van der Waals surface area contributed by atoms with E-state index in [0.717, 1.165) is 19.0 Å². The number of rotatable bonds is 6. The van der Waals surface area contributed by atoms with Gasteiger partial charge in [0.05, 0.1) is 26.2 Å². The van der Waals surface area contributed by atoms with Crippen molar-refractivity contribution in [2.45, 2.75) is 46.2 Å². The standard InChI is InChI=1S/C23H26F3N3O5S2/c24-23(25,26)20-7-6-19(35(31,32)18-4-2-1-3-5-18)14-21(20)36(33,34)28-17-9-12-29(13-10-17)22(30)16-8-11-27-15-16/h1-7,14,16-17,27-28H,8-13,15H2/t16-/m1/s1. The van der Waals surface area contributed by atoms with Crippen molar-refractivity contribution in [1.29, 1.82) is 0 Å². The Balaban J connectivity index is 1.57. The molecule has 2 aliphatic heterocycles. The number of nitrogens with one attached hydrogen (secondary N) is 2. The molecule has 0 aliphatic carbocycles. The maximum Gasteiger partial charge on any atom is 0.417 e. The van der Waals surface area contributed by atoms with Crippen LogP contribution in [0.4, 0.5) is 13.2 Å². The van der Waals surface area contributed by atoms with Crippen molar-refractivity contribution in [3.63, 3.8) is 0 Å². The molecule has 0 unspecified atom stereocenters. The average Bonchev–Trinajstić information content (AvgIpc) is 3.38. The van der Waals surface area contributed by atoms with E-state index in [-0.39, 0.29) is 42.7 Å². The fourth-order valence-corrected chi connectivity index (χ4v) is 7.43. The molecule has 196 valence electrons. The number of amides is 1. The summed E-state index contributed by atoms with van der Waals surface area (Å²) < 4.78 is 95.5. The summed E-state index contributed by atoms with van der Waals surface area (Å²) in [7, 11) is -8.99. The Bertz CT molecular complexity index is 1320. The van der Waals surface area contributed by atoms with Gasteiger partial charge in [-0.15, -0.1) is 0 Å². The van der Waals surface area contributed by atoms with Crippen molar-refractivity contribution < 1.29 is 34.8 Å². The smallest absolute Gasteiger partial charge is 0.342 e. The Kier molecular flexibility index (Phi) is 7.47. The van der Waals surface area contributed by atoms with Gasteiger partial charge in [-0.25, -0.2) is 21.6 Å². The quantitative estimate of drug-likeness (QED) is 0.577. The second-order valence-electron chi connectivity index (χ2n) is 8.88. The topological polar surface area (TPSA) is 113 Å². The van der Waals surface area contributed by atoms with Crippen LogP contribution in [0.5, 0.6) is 0 Å². The molecule has 0 saturated carbocycles. The minimum atomic E-state index is -5.02. The van der Waals surface area contributed by atoms with Crippen LogP contribution in [0.1, 0.15) is 24.8 Å². The lowest BCUT2D eigenvalue weighted by Gasteiger charge is -2.33. The molecule has 0 bridgehead atoms. The van der Waals surface area contributed by atoms with Crippen LogP contribution in [0, 0.1) is 5.92 Å². The van der Waals surface area contributed by atoms with Crippen LogP contribution in [-0.2, 0) is 30.8 Å². The number of halogens is 3. The molecule has 2 fully saturated rings. The largest absolute Gasteiger partial charge is 0.417 e. The van der Waals surface area contributed by atoms with E-state index in [1.165, 1.54) is 24.3 Å². The van der Waals surface area contributed by atoms with Gasteiger partial charge in [0, 0.05) is 25.7 Å². The average molecular weight is 546 g/mol. The second kappa shape index (κ2) is 10.1. The van der Waals surface area contributed by atoms with Gasteiger partial charge in [0.2, 0.25) is 25.8 Å². The molecule has 2 aromatic rings. The molecule has 0 aromatic heterocycles. The zero-order valence-corrected chi connectivity index (χ0v) is 20.8. The Morgan fingerprint density at radius 3 is 2.19 bits per heavy atom. The molecule has 2 saturated heterocycles. The minimum absolute atomic E-state index is 0.0144. The first-order chi connectivity index (χ1) is 16.9. The summed E-state index contributed by atoms with van der Waals surface area (Å²) in [6.07, 6.45) is -3.83. The van der Waals surface area contributed by atoms with E-state index in [4.69, 9.17) is 0 Å². The summed E-state index contributed by atoms with van der Waals surface area (Å²) in [6.45, 7) is 1.90. The van der Waals surface area contributed by atoms with Gasteiger partial charge < -0.3 is 10.2 Å². The molecule has 2 N–H and O–H groups in total. The number of nitrogens with zero attached hydrogens (tertiary/aromatic N) is 1. The number of carbonyl (C=O) groups excluding carboxylic acids is 1. The predicted octanol–water partition coefficient (Wildman–Crippen LogP) is 2.42. The lowest BCUT2D eigenvalue weighted by molar-refractivity contribution is -0.140. The number of benzene rings is 2. The summed E-state index contributed by atoms with van der Waals surface area (Å²) in [6, 6.07) is 8.12. The first-order valence-corrected chi connectivity index (χ1v) is 14.4. The molecular formula is C23H26F3N3O5S2. The molecule has 4 rings (SSSR count). The molecule has 2 aromatic carbocycles. The van der Waals surface area contributed by atoms with Gasteiger partial charge in [-0.1, -0.05) is 18.2 Å². The molecular weight excluding hydrogens is 519 g/mol. The van der Waals surface area contributed by atoms with Gasteiger partial charge in [0.15, 0.2) is 0 Å². The van der Waals surface area contributed by atoms with Crippen LogP contribution in [0.2, 0.25) is 0 Å². The van der Waals surface area contributed by atoms with Crippen molar-refractivity contribution in [2.75, 3.05) is 26.2 Å². The molecule has 36 heavy (non-hydrogen) atoms. The van der Waals surface area contributed by atoms with Crippen LogP contribution in [0.3, 0.4) is 0 Å². The van der Waals surface area contributed by atoms with Crippen molar-refractivity contribution in [3.8, 4) is 0 Å². The van der Waals surface area contributed by atoms with E-state index in [2.05, 4.69) is 10.0 Å². The van der Waals surface area contributed by atoms with E-state index >= 15 is 0 Å². The molecule has 0 spiro atoms. The number of carbonyl (C=O) groups is 1. The summed E-state index contributed by atoms with van der Waals surface area (Å²) >= 11 is 0. The molecule has 2 aliphatic rings. The Hall–Kier alpha value is -2.48. The van der Waals surface area contributed by atoms with Crippen molar-refractivity contribution in [3.05, 3.63) is 54.1 Å². The van der Waals surface area contributed by atoms with Crippen LogP contribution in [0.15, 0.2) is 63.2 Å². The number of hydrogen-bond acceptors (Lipinski definition) is 6. The Morgan fingerprint density at radius 1 is 0.944 bits per heavy atom. The fraction of sp³-hybridized carbons (Fsp3) is 0.435. The van der Waals surface area contributed by atoms with Crippen molar-refractivity contribution >= 4 is 25.8 Å². The highest BCUT2D eigenvalue weighted by Crippen LogP contribution is 2.36. The number of sulfone groups is 1. The molecule has 2 heterocycles. The van der Waals surface area contributed by atoms with Crippen molar-refractivity contribution in [1.82, 2.24) is 14.9 Å². The first-order valence-electron chi connectivity index (χ1n) is 11.4. The number of sulfonamides is 1. The third-order valence-electron chi connectivity index (χ3n) is 6.45. The van der Waals surface area contributed by atoms with Gasteiger partial charge in [0.25, 0.3) is 0 Å². The molecule has 1 atom stereocenters. The van der Waals surface area contributed by atoms with Crippen LogP contribution >= 0.6 is 0 Å². The summed E-state index contributed by atoms with van der Waals surface area (Å²) in [5.41, 5.74) is -1.46. The third-order valence-corrected chi connectivity index (χ3v) is 9.78. The van der Waals surface area contributed by atoms with Gasteiger partial charge >= 0.3 is 6.18 Å². The molecule has 8 nitrogen and oxygen atoms in total. The second-order valence-corrected chi connectivity index (χ2v) is 12.5. The van der Waals surface area contributed by atoms with E-state index in [9.17, 15) is 34.8 Å². The summed E-state index contributed by atoms with van der Waals surface area (Å²) in [5, 5.41) is 3.12. The zero-order valence-electron chi connectivity index (χ0n) is 19.2. The monoisotopic (exact) mass is 545 g/mol. The van der Waals surface area contributed by atoms with Crippen LogP contribution in [0.25, 0.3) is 0 Å². The maximum atomic E-state index is 13.7. The Morgan fingerprint density at radius 2 is 1.61 bits per heavy atom. The van der Waals surface area contributed by atoms with E-state index in [1.807, 2.05) is 0 Å². The number of likely N-dealkylation sites (tertiary alicyclic amines) is 1. The van der Waals surface area contributed by atoms with Gasteiger partial charge in [-0.05, 0) is 56.1 Å². The fourth-order valence-electron chi connectivity index (χ4n) is 4.49. The minimum Gasteiger partial charge on any atom is -0.342 e. The number of alkyl halides is 3. The van der Waals surface area contributed by atoms with Gasteiger partial charge in [-0.2, -0.15) is 13.2 Å². The Labute approximate surface area is 207 Å². The number of piperidine rings is 1. The van der Waals surface area contributed by atoms with E-state index < -0.39 is 47.4 Å². The highest BCUT2D eigenvalue weighted by Gasteiger charge is 2.39. The van der Waals surface area contributed by atoms with E-state index in [1.54, 1.807) is 11.0 Å². The third kappa shape index (κ3) is 5.58. The lowest BCUT2D eigenvalue weighted by atomic mass is 10.0. The zero-order chi connectivity index (χ0) is 26.1. The highest BCUT2D eigenvalue weighted by atomic mass is 32.2. The summed E-state index contributed by atoms with van der Waals surface area (Å²) in [4.78, 5) is 12.3. The van der Waals surface area contributed by atoms with Crippen LogP contribution < -0.4 is 10.0 Å². The maximum absolute atomic E-state index is 13.7. The SMILES string of the molecule is O=C([C@@H]1CCNC1)N1CCC(NS(=O)(=O)c2cc(S(=O)(=O)c3ccccc3)ccc2C(F)(F)F)CC1. The molecule has 1 amide bonds. The number of hydrogen-bond donors (Lipinski definition) is 2. The van der Waals surface area contributed by atoms with Gasteiger partial charge in [-0.3, -0.25) is 4.79 Å². The normalized spacial score (nSPS) is 20.0. The van der Waals surface area contributed by atoms with E-state index in [0.29, 0.717) is 18.7 Å². The van der Waals surface area contributed by atoms with Gasteiger partial charge in [0.1, 0.15) is 0 Å². The predicted molar refractivity (Wildman–Crippen MR) is 124 cm³/mol. The summed E-state index contributed by atoms with van der Waals surface area (Å²) in [5.74, 6) is -0.138. The van der Waals surface area contributed by atoms with Crippen LogP contribution in [-0.4, -0.2) is 59.9 Å².